The fourth-order valence-corrected chi connectivity index (χ4v) is 2.99. The molecule has 0 saturated heterocycles. The van der Waals surface area contributed by atoms with E-state index in [1.807, 2.05) is 6.26 Å². The molecule has 0 fully saturated rings. The Kier molecular flexibility index (Phi) is 8.37. The monoisotopic (exact) mass is 397 g/mol. The van der Waals surface area contributed by atoms with Crippen molar-refractivity contribution >= 4 is 29.3 Å². The minimum Gasteiger partial charge on any atom is -0.497 e. The molecule has 0 spiro atoms. The zero-order valence-electron chi connectivity index (χ0n) is 15.9. The van der Waals surface area contributed by atoms with E-state index in [2.05, 4.69) is 16.7 Å². The van der Waals surface area contributed by atoms with E-state index in [9.17, 15) is 9.59 Å². The predicted molar refractivity (Wildman–Crippen MR) is 112 cm³/mol. The van der Waals surface area contributed by atoms with Crippen LogP contribution in [0.4, 0.5) is 5.69 Å². The molecule has 6 nitrogen and oxygen atoms in total. The van der Waals surface area contributed by atoms with Crippen LogP contribution in [0.3, 0.4) is 0 Å². The first-order chi connectivity index (χ1) is 13.6. The van der Waals surface area contributed by atoms with Gasteiger partial charge in [0.2, 0.25) is 5.91 Å². The molecule has 28 heavy (non-hydrogen) atoms. The zero-order chi connectivity index (χ0) is 20.4. The molecule has 0 heterocycles. The third-order valence-electron chi connectivity index (χ3n) is 4.09. The molecule has 0 aliphatic rings. The van der Waals surface area contributed by atoms with Gasteiger partial charge in [-0.05, 0) is 60.4 Å². The van der Waals surface area contributed by atoms with Crippen LogP contribution in [0, 0.1) is 11.3 Å². The van der Waals surface area contributed by atoms with E-state index >= 15 is 0 Å². The summed E-state index contributed by atoms with van der Waals surface area (Å²) < 4.78 is 5.10. The zero-order valence-corrected chi connectivity index (χ0v) is 16.7. The molecular weight excluding hydrogens is 374 g/mol. The summed E-state index contributed by atoms with van der Waals surface area (Å²) in [4.78, 5) is 25.2. The van der Waals surface area contributed by atoms with Crippen LogP contribution < -0.4 is 15.4 Å². The fourth-order valence-electron chi connectivity index (χ4n) is 2.52. The number of thioether (sulfide) groups is 1. The summed E-state index contributed by atoms with van der Waals surface area (Å²) in [6.07, 6.45) is 2.79. The minimum absolute atomic E-state index is 0.274. The highest BCUT2D eigenvalue weighted by atomic mass is 32.2. The van der Waals surface area contributed by atoms with Crippen molar-refractivity contribution in [1.82, 2.24) is 5.32 Å². The van der Waals surface area contributed by atoms with E-state index in [0.717, 1.165) is 11.3 Å². The predicted octanol–water partition coefficient (Wildman–Crippen LogP) is 3.25. The number of carbonyl (C=O) groups is 2. The lowest BCUT2D eigenvalue weighted by Crippen LogP contribution is -2.44. The maximum atomic E-state index is 12.7. The Labute approximate surface area is 169 Å². The number of carbonyl (C=O) groups excluding carboxylic acids is 2. The molecule has 0 aliphatic heterocycles. The molecule has 1 atom stereocenters. The number of anilines is 1. The number of ether oxygens (including phenoxy) is 1. The van der Waals surface area contributed by atoms with Crippen molar-refractivity contribution in [2.75, 3.05) is 24.4 Å². The van der Waals surface area contributed by atoms with Crippen molar-refractivity contribution in [2.24, 2.45) is 0 Å². The van der Waals surface area contributed by atoms with Crippen LogP contribution in [-0.4, -0.2) is 37.0 Å². The molecule has 2 rings (SSSR count). The number of hydrogen-bond acceptors (Lipinski definition) is 5. The number of amides is 2. The third kappa shape index (κ3) is 6.32. The van der Waals surface area contributed by atoms with Gasteiger partial charge >= 0.3 is 0 Å². The highest BCUT2D eigenvalue weighted by Crippen LogP contribution is 2.14. The van der Waals surface area contributed by atoms with E-state index < -0.39 is 6.04 Å². The maximum Gasteiger partial charge on any atom is 0.251 e. The van der Waals surface area contributed by atoms with Crippen LogP contribution >= 0.6 is 11.8 Å². The minimum atomic E-state index is -0.652. The van der Waals surface area contributed by atoms with Crippen molar-refractivity contribution < 1.29 is 14.3 Å². The third-order valence-corrected chi connectivity index (χ3v) is 4.73. The smallest absolute Gasteiger partial charge is 0.251 e. The molecule has 0 aliphatic carbocycles. The maximum absolute atomic E-state index is 12.7. The summed E-state index contributed by atoms with van der Waals surface area (Å²) in [6.45, 7) is 0. The van der Waals surface area contributed by atoms with Crippen LogP contribution in [-0.2, 0) is 11.2 Å². The van der Waals surface area contributed by atoms with Crippen LogP contribution in [0.2, 0.25) is 0 Å². The van der Waals surface area contributed by atoms with Gasteiger partial charge in [0.05, 0.1) is 19.6 Å². The van der Waals surface area contributed by atoms with E-state index in [1.54, 1.807) is 67.4 Å². The number of hydrogen-bond donors (Lipinski definition) is 2. The van der Waals surface area contributed by atoms with Crippen LogP contribution in [0.15, 0.2) is 48.5 Å². The lowest BCUT2D eigenvalue weighted by Gasteiger charge is -2.18. The van der Waals surface area contributed by atoms with Gasteiger partial charge in [0.25, 0.3) is 5.91 Å². The average molecular weight is 398 g/mol. The van der Waals surface area contributed by atoms with Gasteiger partial charge in [0.1, 0.15) is 11.8 Å². The molecule has 2 amide bonds. The molecule has 2 aromatic carbocycles. The molecule has 2 N–H and O–H groups in total. The van der Waals surface area contributed by atoms with Crippen LogP contribution in [0.5, 0.6) is 5.75 Å². The van der Waals surface area contributed by atoms with Crippen molar-refractivity contribution in [1.29, 1.82) is 5.26 Å². The summed E-state index contributed by atoms with van der Waals surface area (Å²) in [7, 11) is 1.56. The van der Waals surface area contributed by atoms with Gasteiger partial charge in [-0.25, -0.2) is 0 Å². The van der Waals surface area contributed by atoms with Crippen molar-refractivity contribution in [3.05, 3.63) is 59.7 Å². The second-order valence-electron chi connectivity index (χ2n) is 6.06. The van der Waals surface area contributed by atoms with Gasteiger partial charge in [-0.3, -0.25) is 9.59 Å². The first-order valence-electron chi connectivity index (χ1n) is 8.78. The van der Waals surface area contributed by atoms with E-state index in [1.165, 1.54) is 0 Å². The Morgan fingerprint density at radius 2 is 1.82 bits per heavy atom. The molecule has 0 unspecified atom stereocenters. The molecule has 0 bridgehead atoms. The number of nitriles is 1. The molecule has 0 saturated carbocycles. The summed E-state index contributed by atoms with van der Waals surface area (Å²) in [5.74, 6) is 0.813. The molecule has 2 aromatic rings. The number of benzene rings is 2. The van der Waals surface area contributed by atoms with E-state index in [-0.39, 0.29) is 11.8 Å². The van der Waals surface area contributed by atoms with Gasteiger partial charge < -0.3 is 15.4 Å². The van der Waals surface area contributed by atoms with Gasteiger partial charge in [0.15, 0.2) is 0 Å². The lowest BCUT2D eigenvalue weighted by molar-refractivity contribution is -0.118. The molecular formula is C21H23N3O3S. The number of nitrogens with one attached hydrogen (secondary N) is 2. The molecule has 0 aromatic heterocycles. The molecule has 0 radical (unpaired) electrons. The van der Waals surface area contributed by atoms with E-state index in [4.69, 9.17) is 10.00 Å². The van der Waals surface area contributed by atoms with Crippen LogP contribution in [0.25, 0.3) is 0 Å². The van der Waals surface area contributed by atoms with Gasteiger partial charge in [-0.15, -0.1) is 0 Å². The summed E-state index contributed by atoms with van der Waals surface area (Å²) in [5.41, 5.74) is 1.97. The first-order valence-corrected chi connectivity index (χ1v) is 10.2. The molecule has 146 valence electrons. The summed E-state index contributed by atoms with van der Waals surface area (Å²) in [5, 5.41) is 14.4. The Bertz CT molecular complexity index is 829. The first kappa shape index (κ1) is 21.3. The summed E-state index contributed by atoms with van der Waals surface area (Å²) in [6, 6.07) is 15.3. The summed E-state index contributed by atoms with van der Waals surface area (Å²) >= 11 is 1.61. The normalized spacial score (nSPS) is 11.2. The Morgan fingerprint density at radius 3 is 2.39 bits per heavy atom. The second kappa shape index (κ2) is 11.0. The Hall–Kier alpha value is -2.98. The second-order valence-corrected chi connectivity index (χ2v) is 7.04. The number of rotatable bonds is 9. The Balaban J connectivity index is 2.05. The average Bonchev–Trinajstić information content (AvgIpc) is 2.72. The lowest BCUT2D eigenvalue weighted by atomic mass is 10.1. The topological polar surface area (TPSA) is 91.2 Å². The van der Waals surface area contributed by atoms with Crippen molar-refractivity contribution in [2.45, 2.75) is 18.9 Å². The largest absolute Gasteiger partial charge is 0.497 e. The fraction of sp³-hybridized carbons (Fsp3) is 0.286. The Morgan fingerprint density at radius 1 is 1.14 bits per heavy atom. The van der Waals surface area contributed by atoms with Crippen LogP contribution in [0.1, 0.15) is 22.3 Å². The van der Waals surface area contributed by atoms with Gasteiger partial charge in [-0.1, -0.05) is 12.1 Å². The van der Waals surface area contributed by atoms with E-state index in [0.29, 0.717) is 29.8 Å². The van der Waals surface area contributed by atoms with Gasteiger partial charge in [-0.2, -0.15) is 17.0 Å². The molecule has 7 heteroatoms. The van der Waals surface area contributed by atoms with Crippen molar-refractivity contribution in [3.8, 4) is 11.8 Å². The highest BCUT2D eigenvalue weighted by Gasteiger charge is 2.21. The number of methoxy groups -OCH3 is 1. The van der Waals surface area contributed by atoms with Crippen molar-refractivity contribution in [3.63, 3.8) is 0 Å². The number of nitrogens with zero attached hydrogens (tertiary/aromatic N) is 1. The quantitative estimate of drug-likeness (QED) is 0.678. The standard InChI is InChI=1S/C21H23N3O3S/c1-27-18-9-5-16(6-10-18)20(25)24-19(12-14-28-2)21(26)23-17-7-3-15(4-8-17)11-13-22/h3-10,19H,11-12,14H2,1-2H3,(H,23,26)(H,24,25)/t19-/m0/s1. The highest BCUT2D eigenvalue weighted by molar-refractivity contribution is 7.98. The van der Waals surface area contributed by atoms with Gasteiger partial charge in [0, 0.05) is 11.3 Å². The SMILES string of the molecule is COc1ccc(C(=O)N[C@@H](CCSC)C(=O)Nc2ccc(CC#N)cc2)cc1.